The highest BCUT2D eigenvalue weighted by molar-refractivity contribution is 7.80. The molecule has 184 valence electrons. The number of hydrogen-bond donors (Lipinski definition) is 2. The average molecular weight is 504 g/mol. The van der Waals surface area contributed by atoms with Gasteiger partial charge in [0.25, 0.3) is 5.56 Å². The van der Waals surface area contributed by atoms with Crippen molar-refractivity contribution in [2.75, 3.05) is 26.3 Å². The lowest BCUT2D eigenvalue weighted by atomic mass is 10.1. The molecule has 2 N–H and O–H groups in total. The zero-order chi connectivity index (χ0) is 25.1. The van der Waals surface area contributed by atoms with Gasteiger partial charge in [0.15, 0.2) is 16.6 Å². The van der Waals surface area contributed by atoms with E-state index in [0.717, 1.165) is 16.6 Å². The molecule has 1 aliphatic heterocycles. The number of pyridine rings is 1. The topological polar surface area (TPSA) is 85.0 Å². The molecule has 0 radical (unpaired) electrons. The minimum Gasteiger partial charge on any atom is -0.497 e. The second-order valence-electron chi connectivity index (χ2n) is 8.25. The number of nitrogens with zero attached hydrogens (tertiary/aromatic N) is 1. The average Bonchev–Trinajstić information content (AvgIpc) is 3.36. The molecule has 5 rings (SSSR count). The van der Waals surface area contributed by atoms with E-state index in [1.54, 1.807) is 20.3 Å². The van der Waals surface area contributed by atoms with Crippen LogP contribution in [0.2, 0.25) is 0 Å². The molecule has 1 aromatic heterocycles. The summed E-state index contributed by atoms with van der Waals surface area (Å²) in [5.41, 5.74) is 2.80. The van der Waals surface area contributed by atoms with E-state index in [-0.39, 0.29) is 18.9 Å². The van der Waals surface area contributed by atoms with Crippen molar-refractivity contribution in [1.29, 1.82) is 0 Å². The Morgan fingerprint density at radius 3 is 2.67 bits per heavy atom. The van der Waals surface area contributed by atoms with E-state index in [0.29, 0.717) is 45.7 Å². The first-order chi connectivity index (χ1) is 17.5. The Labute approximate surface area is 213 Å². The van der Waals surface area contributed by atoms with Gasteiger partial charge in [0.1, 0.15) is 11.5 Å². The van der Waals surface area contributed by atoms with Crippen LogP contribution in [0.1, 0.15) is 11.1 Å². The van der Waals surface area contributed by atoms with Crippen molar-refractivity contribution in [2.24, 2.45) is 0 Å². The fraction of sp³-hybridized carbons (Fsp3) is 0.185. The zero-order valence-corrected chi connectivity index (χ0v) is 20.7. The molecule has 8 nitrogen and oxygen atoms in total. The smallest absolute Gasteiger partial charge is 0.253 e. The van der Waals surface area contributed by atoms with E-state index in [9.17, 15) is 4.79 Å². The maximum Gasteiger partial charge on any atom is 0.253 e. The predicted molar refractivity (Wildman–Crippen MR) is 142 cm³/mol. The normalized spacial score (nSPS) is 11.8. The van der Waals surface area contributed by atoms with Gasteiger partial charge in [-0.2, -0.15) is 0 Å². The first kappa shape index (κ1) is 23.5. The Kier molecular flexibility index (Phi) is 6.64. The largest absolute Gasteiger partial charge is 0.497 e. The number of para-hydroxylation sites is 2. The Balaban J connectivity index is 1.47. The van der Waals surface area contributed by atoms with Crippen LogP contribution in [0.5, 0.6) is 23.0 Å². The first-order valence-electron chi connectivity index (χ1n) is 11.3. The number of thiocarbonyl (C=S) groups is 1. The predicted octanol–water partition coefficient (Wildman–Crippen LogP) is 4.67. The highest BCUT2D eigenvalue weighted by atomic mass is 32.1. The molecule has 9 heteroatoms. The second kappa shape index (κ2) is 10.2. The highest BCUT2D eigenvalue weighted by Gasteiger charge is 2.18. The Morgan fingerprint density at radius 1 is 1.00 bits per heavy atom. The Morgan fingerprint density at radius 2 is 1.83 bits per heavy atom. The van der Waals surface area contributed by atoms with Crippen molar-refractivity contribution in [2.45, 2.75) is 13.1 Å². The monoisotopic (exact) mass is 503 g/mol. The number of aromatic amines is 1. The molecule has 4 aromatic rings. The number of benzene rings is 3. The standard InChI is InChI=1S/C27H25N3O5S/c1-32-20-9-8-18-12-19(26(31)28-22(18)13-20)15-30(14-17-7-10-24-25(11-17)35-16-34-24)27(36)29-21-5-3-4-6-23(21)33-2/h3-13H,14-16H2,1-2H3,(H,28,31)(H,29,36). The summed E-state index contributed by atoms with van der Waals surface area (Å²) in [7, 11) is 3.20. The Hall–Kier alpha value is -4.24. The maximum atomic E-state index is 13.0. The molecule has 36 heavy (non-hydrogen) atoms. The molecule has 3 aromatic carbocycles. The molecule has 0 saturated carbocycles. The summed E-state index contributed by atoms with van der Waals surface area (Å²) < 4.78 is 21.7. The second-order valence-corrected chi connectivity index (χ2v) is 8.64. The number of ether oxygens (including phenoxy) is 4. The number of H-pyrrole nitrogens is 1. The summed E-state index contributed by atoms with van der Waals surface area (Å²) in [5, 5.41) is 4.62. The quantitative estimate of drug-likeness (QED) is 0.352. The van der Waals surface area contributed by atoms with Crippen LogP contribution in [-0.4, -0.2) is 36.0 Å². The molecule has 2 heterocycles. The molecule has 0 bridgehead atoms. The van der Waals surface area contributed by atoms with E-state index in [2.05, 4.69) is 10.3 Å². The van der Waals surface area contributed by atoms with E-state index in [1.165, 1.54) is 0 Å². The van der Waals surface area contributed by atoms with Crippen molar-refractivity contribution in [3.05, 3.63) is 88.2 Å². The summed E-state index contributed by atoms with van der Waals surface area (Å²) in [6.45, 7) is 0.929. The number of aromatic nitrogens is 1. The van der Waals surface area contributed by atoms with E-state index in [1.807, 2.05) is 65.6 Å². The summed E-state index contributed by atoms with van der Waals surface area (Å²) >= 11 is 5.81. The molecule has 0 spiro atoms. The van der Waals surface area contributed by atoms with Crippen LogP contribution in [-0.2, 0) is 13.1 Å². The third-order valence-electron chi connectivity index (χ3n) is 5.94. The summed E-state index contributed by atoms with van der Waals surface area (Å²) in [5.74, 6) is 2.74. The summed E-state index contributed by atoms with van der Waals surface area (Å²) in [4.78, 5) is 17.9. The first-order valence-corrected chi connectivity index (χ1v) is 11.7. The van der Waals surface area contributed by atoms with Crippen molar-refractivity contribution in [3.63, 3.8) is 0 Å². The molecular weight excluding hydrogens is 478 g/mol. The van der Waals surface area contributed by atoms with Crippen molar-refractivity contribution in [3.8, 4) is 23.0 Å². The lowest BCUT2D eigenvalue weighted by Gasteiger charge is -2.26. The van der Waals surface area contributed by atoms with Crippen molar-refractivity contribution in [1.82, 2.24) is 9.88 Å². The molecule has 0 unspecified atom stereocenters. The lowest BCUT2D eigenvalue weighted by Crippen LogP contribution is -2.35. The molecule has 0 amide bonds. The van der Waals surface area contributed by atoms with Gasteiger partial charge in [-0.05, 0) is 65.6 Å². The van der Waals surface area contributed by atoms with Gasteiger partial charge in [-0.25, -0.2) is 0 Å². The van der Waals surface area contributed by atoms with Gasteiger partial charge in [-0.1, -0.05) is 18.2 Å². The van der Waals surface area contributed by atoms with Gasteiger partial charge >= 0.3 is 0 Å². The van der Waals surface area contributed by atoms with Crippen LogP contribution in [0.4, 0.5) is 5.69 Å². The van der Waals surface area contributed by atoms with E-state index >= 15 is 0 Å². The molecule has 0 saturated heterocycles. The van der Waals surface area contributed by atoms with Gasteiger partial charge in [0.05, 0.1) is 32.0 Å². The number of anilines is 1. The van der Waals surface area contributed by atoms with E-state index in [4.69, 9.17) is 31.2 Å². The van der Waals surface area contributed by atoms with Crippen LogP contribution < -0.4 is 29.8 Å². The van der Waals surface area contributed by atoms with Crippen LogP contribution in [0, 0.1) is 0 Å². The molecular formula is C27H25N3O5S. The molecule has 0 fully saturated rings. The minimum atomic E-state index is -0.188. The van der Waals surface area contributed by atoms with Crippen LogP contribution in [0.3, 0.4) is 0 Å². The maximum absolute atomic E-state index is 13.0. The lowest BCUT2D eigenvalue weighted by molar-refractivity contribution is 0.174. The number of methoxy groups -OCH3 is 2. The highest BCUT2D eigenvalue weighted by Crippen LogP contribution is 2.33. The van der Waals surface area contributed by atoms with Crippen molar-refractivity contribution < 1.29 is 18.9 Å². The van der Waals surface area contributed by atoms with Gasteiger partial charge in [0, 0.05) is 18.2 Å². The SMILES string of the molecule is COc1ccc2cc(CN(Cc3ccc4c(c3)OCO4)C(=S)Nc3ccccc3OC)c(=O)[nH]c2c1. The number of rotatable bonds is 7. The minimum absolute atomic E-state index is 0.188. The Bertz CT molecular complexity index is 1490. The molecule has 1 aliphatic rings. The van der Waals surface area contributed by atoms with Crippen molar-refractivity contribution >= 4 is 33.9 Å². The molecule has 0 atom stereocenters. The molecule has 0 aliphatic carbocycles. The number of hydrogen-bond acceptors (Lipinski definition) is 6. The number of fused-ring (bicyclic) bond motifs is 2. The third-order valence-corrected chi connectivity index (χ3v) is 6.30. The number of nitrogens with one attached hydrogen (secondary N) is 2. The van der Waals surface area contributed by atoms with Crippen LogP contribution in [0.25, 0.3) is 10.9 Å². The fourth-order valence-electron chi connectivity index (χ4n) is 4.08. The van der Waals surface area contributed by atoms with Gasteiger partial charge in [0.2, 0.25) is 6.79 Å². The zero-order valence-electron chi connectivity index (χ0n) is 19.9. The van der Waals surface area contributed by atoms with Gasteiger partial charge in [-0.3, -0.25) is 4.79 Å². The van der Waals surface area contributed by atoms with Gasteiger partial charge in [-0.15, -0.1) is 0 Å². The fourth-order valence-corrected chi connectivity index (χ4v) is 4.32. The van der Waals surface area contributed by atoms with Crippen LogP contribution in [0.15, 0.2) is 71.5 Å². The van der Waals surface area contributed by atoms with Gasteiger partial charge < -0.3 is 34.1 Å². The van der Waals surface area contributed by atoms with E-state index < -0.39 is 0 Å². The summed E-state index contributed by atoms with van der Waals surface area (Å²) in [6.07, 6.45) is 0. The third kappa shape index (κ3) is 4.92. The van der Waals surface area contributed by atoms with Crippen LogP contribution >= 0.6 is 12.2 Å². The summed E-state index contributed by atoms with van der Waals surface area (Å²) in [6, 6.07) is 20.8.